The van der Waals surface area contributed by atoms with Gasteiger partial charge in [-0.3, -0.25) is 14.3 Å². The first kappa shape index (κ1) is 23.9. The van der Waals surface area contributed by atoms with E-state index in [9.17, 15) is 22.4 Å². The van der Waals surface area contributed by atoms with E-state index >= 15 is 0 Å². The molecule has 9 heteroatoms. The SMILES string of the molecule is CN(CC(=O)Nc1cccc2ccccc12)C(=O)c1ccc(S(=O)(=O)Nc2ccccc2F)cc1. The quantitative estimate of drug-likeness (QED) is 0.398. The Kier molecular flexibility index (Phi) is 6.79. The van der Waals surface area contributed by atoms with E-state index in [1.165, 1.54) is 54.4 Å². The summed E-state index contributed by atoms with van der Waals surface area (Å²) in [6, 6.07) is 23.8. The lowest BCUT2D eigenvalue weighted by molar-refractivity contribution is -0.116. The summed E-state index contributed by atoms with van der Waals surface area (Å²) in [6.07, 6.45) is 0. The van der Waals surface area contributed by atoms with E-state index in [1.807, 2.05) is 36.4 Å². The number of amides is 2. The monoisotopic (exact) mass is 491 g/mol. The number of fused-ring (bicyclic) bond motifs is 1. The maximum absolute atomic E-state index is 13.8. The third-order valence-electron chi connectivity index (χ3n) is 5.32. The summed E-state index contributed by atoms with van der Waals surface area (Å²) in [6.45, 7) is -0.197. The van der Waals surface area contributed by atoms with E-state index in [0.29, 0.717) is 5.69 Å². The second-order valence-corrected chi connectivity index (χ2v) is 9.53. The van der Waals surface area contributed by atoms with Crippen molar-refractivity contribution in [2.24, 2.45) is 0 Å². The minimum atomic E-state index is -4.05. The number of carbonyl (C=O) groups is 2. The second-order valence-electron chi connectivity index (χ2n) is 7.85. The van der Waals surface area contributed by atoms with Gasteiger partial charge < -0.3 is 10.2 Å². The van der Waals surface area contributed by atoms with Crippen LogP contribution in [0, 0.1) is 5.82 Å². The molecule has 0 saturated heterocycles. The predicted octanol–water partition coefficient (Wildman–Crippen LogP) is 4.49. The fraction of sp³-hybridized carbons (Fsp3) is 0.0769. The number of hydrogen-bond acceptors (Lipinski definition) is 4. The van der Waals surface area contributed by atoms with Crippen LogP contribution >= 0.6 is 0 Å². The van der Waals surface area contributed by atoms with Crippen molar-refractivity contribution in [3.05, 3.63) is 102 Å². The lowest BCUT2D eigenvalue weighted by Gasteiger charge is -2.18. The van der Waals surface area contributed by atoms with Crippen LogP contribution in [-0.2, 0) is 14.8 Å². The lowest BCUT2D eigenvalue weighted by Crippen LogP contribution is -2.35. The van der Waals surface area contributed by atoms with Gasteiger partial charge in [0.05, 0.1) is 17.1 Å². The fourth-order valence-corrected chi connectivity index (χ4v) is 4.62. The van der Waals surface area contributed by atoms with Gasteiger partial charge in [-0.1, -0.05) is 48.5 Å². The summed E-state index contributed by atoms with van der Waals surface area (Å²) in [5.41, 5.74) is 0.672. The molecule has 0 aliphatic carbocycles. The number of likely N-dealkylation sites (N-methyl/N-ethyl adjacent to an activating group) is 1. The van der Waals surface area contributed by atoms with Crippen LogP contribution in [0.25, 0.3) is 10.8 Å². The van der Waals surface area contributed by atoms with Crippen LogP contribution in [-0.4, -0.2) is 38.7 Å². The summed E-state index contributed by atoms with van der Waals surface area (Å²) >= 11 is 0. The normalized spacial score (nSPS) is 11.1. The summed E-state index contributed by atoms with van der Waals surface area (Å²) in [5, 5.41) is 4.70. The van der Waals surface area contributed by atoms with Gasteiger partial charge in [0, 0.05) is 23.7 Å². The molecule has 0 aromatic heterocycles. The van der Waals surface area contributed by atoms with Crippen molar-refractivity contribution in [3.63, 3.8) is 0 Å². The summed E-state index contributed by atoms with van der Waals surface area (Å²) in [4.78, 5) is 26.4. The number of carbonyl (C=O) groups excluding carboxylic acids is 2. The molecule has 0 atom stereocenters. The van der Waals surface area contributed by atoms with E-state index in [1.54, 1.807) is 6.07 Å². The Bertz CT molecular complexity index is 1500. The van der Waals surface area contributed by atoms with Crippen LogP contribution in [0.2, 0.25) is 0 Å². The maximum atomic E-state index is 13.8. The lowest BCUT2D eigenvalue weighted by atomic mass is 10.1. The molecule has 35 heavy (non-hydrogen) atoms. The van der Waals surface area contributed by atoms with E-state index in [2.05, 4.69) is 10.0 Å². The molecule has 2 amide bonds. The Morgan fingerprint density at radius 2 is 1.46 bits per heavy atom. The van der Waals surface area contributed by atoms with Crippen molar-refractivity contribution in [2.45, 2.75) is 4.90 Å². The Labute approximate surface area is 202 Å². The fourth-order valence-electron chi connectivity index (χ4n) is 3.56. The number of rotatable bonds is 7. The molecule has 0 aliphatic rings. The summed E-state index contributed by atoms with van der Waals surface area (Å²) in [7, 11) is -2.57. The Balaban J connectivity index is 1.41. The molecular formula is C26H22FN3O4S. The minimum Gasteiger partial charge on any atom is -0.332 e. The molecule has 0 unspecified atom stereocenters. The number of anilines is 2. The van der Waals surface area contributed by atoms with Gasteiger partial charge in [-0.2, -0.15) is 0 Å². The van der Waals surface area contributed by atoms with E-state index in [4.69, 9.17) is 0 Å². The number of nitrogens with one attached hydrogen (secondary N) is 2. The van der Waals surface area contributed by atoms with Gasteiger partial charge in [0.2, 0.25) is 5.91 Å². The second kappa shape index (κ2) is 9.94. The number of halogens is 1. The highest BCUT2D eigenvalue weighted by molar-refractivity contribution is 7.92. The van der Waals surface area contributed by atoms with Crippen LogP contribution in [0.3, 0.4) is 0 Å². The van der Waals surface area contributed by atoms with Crippen molar-refractivity contribution in [3.8, 4) is 0 Å². The topological polar surface area (TPSA) is 95.6 Å². The molecule has 0 fully saturated rings. The molecule has 0 radical (unpaired) electrons. The zero-order chi connectivity index (χ0) is 25.0. The molecule has 178 valence electrons. The highest BCUT2D eigenvalue weighted by Crippen LogP contribution is 2.23. The van der Waals surface area contributed by atoms with Crippen LogP contribution in [0.5, 0.6) is 0 Å². The molecule has 0 spiro atoms. The highest BCUT2D eigenvalue weighted by Gasteiger charge is 2.19. The van der Waals surface area contributed by atoms with Gasteiger partial charge in [-0.05, 0) is 47.9 Å². The van der Waals surface area contributed by atoms with Gasteiger partial charge in [-0.25, -0.2) is 12.8 Å². The number of sulfonamides is 1. The first-order valence-corrected chi connectivity index (χ1v) is 12.1. The Morgan fingerprint density at radius 3 is 2.20 bits per heavy atom. The van der Waals surface area contributed by atoms with Gasteiger partial charge in [-0.15, -0.1) is 0 Å². The zero-order valence-electron chi connectivity index (χ0n) is 18.7. The van der Waals surface area contributed by atoms with Gasteiger partial charge in [0.15, 0.2) is 0 Å². The largest absolute Gasteiger partial charge is 0.332 e. The molecule has 7 nitrogen and oxygen atoms in total. The summed E-state index contributed by atoms with van der Waals surface area (Å²) in [5.74, 6) is -1.53. The van der Waals surface area contributed by atoms with Crippen LogP contribution in [0.15, 0.2) is 95.9 Å². The molecule has 4 aromatic rings. The predicted molar refractivity (Wildman–Crippen MR) is 133 cm³/mol. The van der Waals surface area contributed by atoms with Crippen LogP contribution in [0.4, 0.5) is 15.8 Å². The highest BCUT2D eigenvalue weighted by atomic mass is 32.2. The molecule has 0 saturated carbocycles. The Morgan fingerprint density at radius 1 is 0.829 bits per heavy atom. The van der Waals surface area contributed by atoms with Crippen molar-refractivity contribution in [1.82, 2.24) is 4.90 Å². The van der Waals surface area contributed by atoms with E-state index in [0.717, 1.165) is 16.8 Å². The zero-order valence-corrected chi connectivity index (χ0v) is 19.6. The van der Waals surface area contributed by atoms with Crippen molar-refractivity contribution in [1.29, 1.82) is 0 Å². The van der Waals surface area contributed by atoms with Crippen molar-refractivity contribution < 1.29 is 22.4 Å². The molecule has 4 rings (SSSR count). The van der Waals surface area contributed by atoms with E-state index in [-0.39, 0.29) is 28.6 Å². The average molecular weight is 492 g/mol. The molecule has 0 heterocycles. The van der Waals surface area contributed by atoms with Crippen LogP contribution < -0.4 is 10.0 Å². The molecule has 0 bridgehead atoms. The molecule has 2 N–H and O–H groups in total. The first-order chi connectivity index (χ1) is 16.7. The third-order valence-corrected chi connectivity index (χ3v) is 6.70. The minimum absolute atomic E-state index is 0.131. The maximum Gasteiger partial charge on any atom is 0.261 e. The Hall–Kier alpha value is -4.24. The van der Waals surface area contributed by atoms with Gasteiger partial charge in [0.25, 0.3) is 15.9 Å². The third kappa shape index (κ3) is 5.47. The standard InChI is InChI=1S/C26H22FN3O4S/c1-30(17-25(31)28-23-12-6-8-18-7-2-3-9-21(18)23)26(32)19-13-15-20(16-14-19)35(33,34)29-24-11-5-4-10-22(24)27/h2-16,29H,17H2,1H3,(H,28,31). The smallest absolute Gasteiger partial charge is 0.261 e. The summed E-state index contributed by atoms with van der Waals surface area (Å²) < 4.78 is 41.1. The van der Waals surface area contributed by atoms with Gasteiger partial charge >= 0.3 is 0 Å². The average Bonchev–Trinajstić information content (AvgIpc) is 2.85. The number of nitrogens with zero attached hydrogens (tertiary/aromatic N) is 1. The first-order valence-electron chi connectivity index (χ1n) is 10.6. The van der Waals surface area contributed by atoms with Gasteiger partial charge in [0.1, 0.15) is 5.82 Å². The molecular weight excluding hydrogens is 469 g/mol. The molecule has 4 aromatic carbocycles. The molecule has 0 aliphatic heterocycles. The number of benzene rings is 4. The van der Waals surface area contributed by atoms with Crippen molar-refractivity contribution in [2.75, 3.05) is 23.6 Å². The van der Waals surface area contributed by atoms with Crippen LogP contribution in [0.1, 0.15) is 10.4 Å². The number of para-hydroxylation sites is 1. The number of hydrogen-bond donors (Lipinski definition) is 2. The van der Waals surface area contributed by atoms with E-state index < -0.39 is 21.7 Å². The van der Waals surface area contributed by atoms with Crippen molar-refractivity contribution >= 4 is 44.0 Å².